The van der Waals surface area contributed by atoms with Crippen LogP contribution in [0.2, 0.25) is 0 Å². The normalized spacial score (nSPS) is 30.9. The summed E-state index contributed by atoms with van der Waals surface area (Å²) in [6, 6.07) is 7.56. The molecule has 1 aromatic carbocycles. The van der Waals surface area contributed by atoms with E-state index in [0.717, 1.165) is 11.3 Å². The third kappa shape index (κ3) is 6.28. The van der Waals surface area contributed by atoms with Gasteiger partial charge in [0.2, 0.25) is 5.91 Å². The van der Waals surface area contributed by atoms with Crippen molar-refractivity contribution in [1.29, 1.82) is 0 Å². The lowest BCUT2D eigenvalue weighted by molar-refractivity contribution is -0.133. The molecule has 6 nitrogen and oxygen atoms in total. The van der Waals surface area contributed by atoms with Crippen LogP contribution < -0.4 is 4.74 Å². The third-order valence-corrected chi connectivity index (χ3v) is 8.76. The lowest BCUT2D eigenvalue weighted by Crippen LogP contribution is -2.38. The van der Waals surface area contributed by atoms with Gasteiger partial charge in [0.05, 0.1) is 25.2 Å². The highest BCUT2D eigenvalue weighted by atomic mass is 32.2. The summed E-state index contributed by atoms with van der Waals surface area (Å²) >= 11 is 6.29. The lowest BCUT2D eigenvalue weighted by Gasteiger charge is -2.28. The number of methoxy groups -OCH3 is 1. The number of nitrogens with zero attached hydrogens (tertiary/aromatic N) is 1. The molecule has 0 saturated carbocycles. The Labute approximate surface area is 207 Å². The monoisotopic (exact) mass is 495 g/mol. The SMILES string of the molecule is C=C[C@@H]1O[C@H](c2ccc(OC)cc2)O[C@]1(C)CC[C@H](O)CC(=O)N1C[C@@H](C(C)(C)C)S[C@H]1S. The van der Waals surface area contributed by atoms with Crippen molar-refractivity contribution < 1.29 is 24.1 Å². The van der Waals surface area contributed by atoms with E-state index in [1.807, 2.05) is 31.2 Å². The van der Waals surface area contributed by atoms with Crippen LogP contribution in [-0.2, 0) is 14.3 Å². The Hall–Kier alpha value is -1.19. The zero-order chi connectivity index (χ0) is 24.4. The second kappa shape index (κ2) is 10.6. The fourth-order valence-corrected chi connectivity index (χ4v) is 6.10. The first-order valence-electron chi connectivity index (χ1n) is 11.4. The molecule has 2 aliphatic heterocycles. The maximum Gasteiger partial charge on any atom is 0.226 e. The molecule has 2 saturated heterocycles. The van der Waals surface area contributed by atoms with Crippen LogP contribution in [0.1, 0.15) is 58.8 Å². The average Bonchev–Trinajstić information content (AvgIpc) is 3.33. The van der Waals surface area contributed by atoms with Crippen molar-refractivity contribution in [2.45, 2.75) is 81.0 Å². The van der Waals surface area contributed by atoms with Crippen molar-refractivity contribution in [3.8, 4) is 5.75 Å². The van der Waals surface area contributed by atoms with E-state index in [-0.39, 0.29) is 28.6 Å². The van der Waals surface area contributed by atoms with Crippen LogP contribution in [0, 0.1) is 5.41 Å². The van der Waals surface area contributed by atoms with Crippen LogP contribution >= 0.6 is 24.4 Å². The Bertz CT molecular complexity index is 827. The molecule has 2 heterocycles. The minimum atomic E-state index is -0.761. The smallest absolute Gasteiger partial charge is 0.226 e. The topological polar surface area (TPSA) is 68.2 Å². The minimum Gasteiger partial charge on any atom is -0.497 e. The Morgan fingerprint density at radius 1 is 1.42 bits per heavy atom. The molecule has 0 spiro atoms. The molecule has 1 amide bonds. The van der Waals surface area contributed by atoms with E-state index >= 15 is 0 Å². The second-order valence-corrected chi connectivity index (χ2v) is 12.2. The Kier molecular flexibility index (Phi) is 8.49. The maximum atomic E-state index is 12.8. The largest absolute Gasteiger partial charge is 0.497 e. The molecule has 0 unspecified atom stereocenters. The molecule has 8 heteroatoms. The van der Waals surface area contributed by atoms with Crippen LogP contribution in [-0.4, -0.2) is 57.3 Å². The predicted octanol–water partition coefficient (Wildman–Crippen LogP) is 4.79. The number of hydrogen-bond donors (Lipinski definition) is 2. The fraction of sp³-hybridized carbons (Fsp3) is 0.640. The number of thiol groups is 1. The number of carbonyl (C=O) groups is 1. The van der Waals surface area contributed by atoms with Gasteiger partial charge in [0.1, 0.15) is 16.6 Å². The number of ether oxygens (including phenoxy) is 3. The number of carbonyl (C=O) groups excluding carboxylic acids is 1. The van der Waals surface area contributed by atoms with Crippen LogP contribution in [0.25, 0.3) is 0 Å². The molecular formula is C25H37NO5S2. The molecule has 1 aromatic rings. The van der Waals surface area contributed by atoms with Crippen molar-refractivity contribution in [3.05, 3.63) is 42.5 Å². The summed E-state index contributed by atoms with van der Waals surface area (Å²) in [5.74, 6) is 0.702. The van der Waals surface area contributed by atoms with Gasteiger partial charge in [-0.1, -0.05) is 39.0 Å². The van der Waals surface area contributed by atoms with Gasteiger partial charge in [-0.3, -0.25) is 4.79 Å². The number of benzene rings is 1. The Morgan fingerprint density at radius 2 is 2.09 bits per heavy atom. The molecule has 6 atom stereocenters. The summed E-state index contributed by atoms with van der Waals surface area (Å²) < 4.78 is 17.4. The molecule has 0 aliphatic carbocycles. The quantitative estimate of drug-likeness (QED) is 0.399. The van der Waals surface area contributed by atoms with Gasteiger partial charge in [-0.05, 0) is 37.3 Å². The molecule has 1 N–H and O–H groups in total. The van der Waals surface area contributed by atoms with Crippen LogP contribution in [0.15, 0.2) is 36.9 Å². The first-order valence-corrected chi connectivity index (χ1v) is 12.8. The molecule has 0 bridgehead atoms. The summed E-state index contributed by atoms with van der Waals surface area (Å²) in [6.07, 6.45) is 1.16. The first-order chi connectivity index (χ1) is 15.5. The molecule has 2 fully saturated rings. The third-order valence-electron chi connectivity index (χ3n) is 6.44. The van der Waals surface area contributed by atoms with Crippen molar-refractivity contribution in [2.24, 2.45) is 5.41 Å². The Balaban J connectivity index is 1.55. The molecule has 0 radical (unpaired) electrons. The van der Waals surface area contributed by atoms with Gasteiger partial charge in [-0.2, -0.15) is 0 Å². The first kappa shape index (κ1) is 26.4. The highest BCUT2D eigenvalue weighted by Crippen LogP contribution is 2.43. The molecule has 33 heavy (non-hydrogen) atoms. The van der Waals surface area contributed by atoms with Gasteiger partial charge in [0.25, 0.3) is 0 Å². The van der Waals surface area contributed by atoms with Crippen LogP contribution in [0.4, 0.5) is 0 Å². The van der Waals surface area contributed by atoms with Crippen molar-refractivity contribution in [2.75, 3.05) is 13.7 Å². The van der Waals surface area contributed by atoms with Gasteiger partial charge < -0.3 is 24.2 Å². The summed E-state index contributed by atoms with van der Waals surface area (Å²) in [7, 11) is 1.63. The average molecular weight is 496 g/mol. The van der Waals surface area contributed by atoms with E-state index in [1.54, 1.807) is 29.8 Å². The highest BCUT2D eigenvalue weighted by molar-refractivity contribution is 8.11. The zero-order valence-electron chi connectivity index (χ0n) is 20.2. The minimum absolute atomic E-state index is 0.0631. The second-order valence-electron chi connectivity index (χ2n) is 10.1. The number of rotatable bonds is 8. The molecule has 3 rings (SSSR count). The zero-order valence-corrected chi connectivity index (χ0v) is 21.9. The van der Waals surface area contributed by atoms with E-state index in [9.17, 15) is 9.90 Å². The maximum absolute atomic E-state index is 12.8. The van der Waals surface area contributed by atoms with Gasteiger partial charge in [0.15, 0.2) is 6.29 Å². The number of hydrogen-bond acceptors (Lipinski definition) is 7. The highest BCUT2D eigenvalue weighted by Gasteiger charge is 2.45. The number of amides is 1. The van der Waals surface area contributed by atoms with Gasteiger partial charge >= 0.3 is 0 Å². The van der Waals surface area contributed by atoms with E-state index in [2.05, 4.69) is 40.0 Å². The summed E-state index contributed by atoms with van der Waals surface area (Å²) in [4.78, 5) is 14.6. The van der Waals surface area contributed by atoms with Gasteiger partial charge in [0, 0.05) is 17.4 Å². The number of aliphatic hydroxyl groups excluding tert-OH is 1. The standard InChI is InChI=1S/C25H37NO5S2/c1-7-19-25(5,31-22(30-19)16-8-10-18(29-6)11-9-16)13-12-17(27)14-21(28)26-15-20(24(2,3)4)33-23(26)32/h7-11,17,19-20,22-23,27,32H,1,12-15H2,2-6H3/t17-,19-,20-,22-,23+,25+/m0/s1. The molecule has 2 aliphatic rings. The van der Waals surface area contributed by atoms with Gasteiger partial charge in [-0.15, -0.1) is 31.0 Å². The Morgan fingerprint density at radius 3 is 2.64 bits per heavy atom. The van der Waals surface area contributed by atoms with E-state index in [4.69, 9.17) is 14.2 Å². The number of thioether (sulfide) groups is 1. The van der Waals surface area contributed by atoms with Crippen molar-refractivity contribution in [3.63, 3.8) is 0 Å². The van der Waals surface area contributed by atoms with Crippen LogP contribution in [0.3, 0.4) is 0 Å². The lowest BCUT2D eigenvalue weighted by atomic mass is 9.91. The van der Waals surface area contributed by atoms with Crippen molar-refractivity contribution in [1.82, 2.24) is 4.90 Å². The van der Waals surface area contributed by atoms with E-state index in [0.29, 0.717) is 24.6 Å². The summed E-state index contributed by atoms with van der Waals surface area (Å²) in [5.41, 5.74) is 0.332. The molecular weight excluding hydrogens is 458 g/mol. The van der Waals surface area contributed by atoms with E-state index in [1.165, 1.54) is 0 Å². The summed E-state index contributed by atoms with van der Waals surface area (Å²) in [5, 5.41) is 11.0. The van der Waals surface area contributed by atoms with Gasteiger partial charge in [-0.25, -0.2) is 0 Å². The number of aliphatic hydroxyl groups is 1. The van der Waals surface area contributed by atoms with Crippen LogP contribution in [0.5, 0.6) is 5.75 Å². The van der Waals surface area contributed by atoms with Crippen molar-refractivity contribution >= 4 is 30.3 Å². The molecule has 184 valence electrons. The molecule has 0 aromatic heterocycles. The predicted molar refractivity (Wildman–Crippen MR) is 135 cm³/mol. The van der Waals surface area contributed by atoms with E-state index < -0.39 is 18.0 Å². The fourth-order valence-electron chi connectivity index (χ4n) is 4.14. The summed E-state index contributed by atoms with van der Waals surface area (Å²) in [6.45, 7) is 13.0.